The first-order valence-electron chi connectivity index (χ1n) is 7.09. The fraction of sp³-hybridized carbons (Fsp3) is 0.533. The smallest absolute Gasteiger partial charge is 0.255 e. The molecule has 1 saturated heterocycles. The fourth-order valence-electron chi connectivity index (χ4n) is 3.02. The van der Waals surface area contributed by atoms with E-state index in [4.69, 9.17) is 5.84 Å². The molecule has 1 aliphatic heterocycles. The molecule has 0 radical (unpaired) electrons. The van der Waals surface area contributed by atoms with Crippen molar-refractivity contribution in [3.63, 3.8) is 0 Å². The van der Waals surface area contributed by atoms with Crippen LogP contribution in [0.3, 0.4) is 0 Å². The fourth-order valence-corrected chi connectivity index (χ4v) is 3.02. The molecule has 0 spiro atoms. The van der Waals surface area contributed by atoms with Gasteiger partial charge in [-0.3, -0.25) is 15.1 Å². The van der Waals surface area contributed by atoms with Crippen LogP contribution in [0, 0.1) is 0 Å². The van der Waals surface area contributed by atoms with E-state index in [0.29, 0.717) is 6.04 Å². The van der Waals surface area contributed by atoms with Gasteiger partial charge in [0.1, 0.15) is 6.04 Å². The molecule has 1 aromatic carbocycles. The Kier molecular flexibility index (Phi) is 5.11. The van der Waals surface area contributed by atoms with Gasteiger partial charge in [0.25, 0.3) is 5.91 Å². The molecule has 1 amide bonds. The number of amides is 1. The van der Waals surface area contributed by atoms with Crippen molar-refractivity contribution >= 4 is 5.91 Å². The van der Waals surface area contributed by atoms with E-state index >= 15 is 0 Å². The first-order chi connectivity index (χ1) is 9.63. The van der Waals surface area contributed by atoms with Crippen molar-refractivity contribution in [3.05, 3.63) is 35.9 Å². The number of likely N-dealkylation sites (tertiary alicyclic amines) is 1. The second kappa shape index (κ2) is 6.83. The highest BCUT2D eigenvalue weighted by Gasteiger charge is 2.35. The van der Waals surface area contributed by atoms with E-state index in [-0.39, 0.29) is 11.9 Å². The standard InChI is InChI=1S/C15H24N4O/c1-18(2)11-13-9-6-10-19(13)14(15(20)17-16)12-7-4-3-5-8-12/h3-5,7-8,13-14H,6,9-11,16H2,1-2H3,(H,17,20). The van der Waals surface area contributed by atoms with Crippen LogP contribution in [-0.4, -0.2) is 48.9 Å². The molecule has 0 aromatic heterocycles. The molecule has 0 aliphatic carbocycles. The largest absolute Gasteiger partial charge is 0.308 e. The van der Waals surface area contributed by atoms with Gasteiger partial charge in [-0.2, -0.15) is 0 Å². The van der Waals surface area contributed by atoms with Crippen LogP contribution in [0.25, 0.3) is 0 Å². The minimum atomic E-state index is -0.298. The molecule has 20 heavy (non-hydrogen) atoms. The van der Waals surface area contributed by atoms with Crippen molar-refractivity contribution in [1.29, 1.82) is 0 Å². The monoisotopic (exact) mass is 276 g/mol. The van der Waals surface area contributed by atoms with Crippen molar-refractivity contribution in [2.45, 2.75) is 24.9 Å². The Balaban J connectivity index is 2.24. The van der Waals surface area contributed by atoms with E-state index in [1.54, 1.807) is 0 Å². The van der Waals surface area contributed by atoms with Gasteiger partial charge in [-0.1, -0.05) is 30.3 Å². The summed E-state index contributed by atoms with van der Waals surface area (Å²) in [5, 5.41) is 0. The van der Waals surface area contributed by atoms with Crippen LogP contribution < -0.4 is 11.3 Å². The summed E-state index contributed by atoms with van der Waals surface area (Å²) < 4.78 is 0. The van der Waals surface area contributed by atoms with Crippen LogP contribution in [0.15, 0.2) is 30.3 Å². The van der Waals surface area contributed by atoms with Crippen molar-refractivity contribution < 1.29 is 4.79 Å². The predicted molar refractivity (Wildman–Crippen MR) is 79.8 cm³/mol. The Hall–Kier alpha value is -1.43. The molecule has 1 heterocycles. The Morgan fingerprint density at radius 2 is 2.15 bits per heavy atom. The molecule has 0 saturated carbocycles. The van der Waals surface area contributed by atoms with Crippen LogP contribution in [0.5, 0.6) is 0 Å². The van der Waals surface area contributed by atoms with Crippen LogP contribution in [0.1, 0.15) is 24.4 Å². The number of hydrogen-bond donors (Lipinski definition) is 2. The third kappa shape index (κ3) is 3.36. The highest BCUT2D eigenvalue weighted by molar-refractivity contribution is 5.82. The molecule has 5 nitrogen and oxygen atoms in total. The van der Waals surface area contributed by atoms with E-state index in [1.807, 2.05) is 30.3 Å². The van der Waals surface area contributed by atoms with E-state index in [9.17, 15) is 4.79 Å². The second-order valence-corrected chi connectivity index (χ2v) is 5.62. The first kappa shape index (κ1) is 15.0. The van der Waals surface area contributed by atoms with E-state index in [2.05, 4.69) is 29.3 Å². The van der Waals surface area contributed by atoms with Crippen LogP contribution in [-0.2, 0) is 4.79 Å². The number of carbonyl (C=O) groups is 1. The summed E-state index contributed by atoms with van der Waals surface area (Å²) in [7, 11) is 4.13. The Bertz CT molecular complexity index is 435. The number of rotatable bonds is 5. The molecular weight excluding hydrogens is 252 g/mol. The topological polar surface area (TPSA) is 61.6 Å². The zero-order valence-electron chi connectivity index (χ0n) is 12.2. The molecule has 1 aliphatic rings. The summed E-state index contributed by atoms with van der Waals surface area (Å²) in [5.41, 5.74) is 3.32. The van der Waals surface area contributed by atoms with Crippen molar-refractivity contribution in [2.24, 2.45) is 5.84 Å². The Morgan fingerprint density at radius 1 is 1.45 bits per heavy atom. The average molecular weight is 276 g/mol. The van der Waals surface area contributed by atoms with E-state index in [1.165, 1.54) is 0 Å². The van der Waals surface area contributed by atoms with Gasteiger partial charge in [0.2, 0.25) is 0 Å². The summed E-state index contributed by atoms with van der Waals surface area (Å²) >= 11 is 0. The van der Waals surface area contributed by atoms with Crippen LogP contribution in [0.2, 0.25) is 0 Å². The van der Waals surface area contributed by atoms with Crippen LogP contribution in [0.4, 0.5) is 0 Å². The minimum absolute atomic E-state index is 0.137. The SMILES string of the molecule is CN(C)CC1CCCN1C(C(=O)NN)c1ccccc1. The maximum Gasteiger partial charge on any atom is 0.255 e. The number of carbonyl (C=O) groups excluding carboxylic acids is 1. The lowest BCUT2D eigenvalue weighted by molar-refractivity contribution is -0.127. The predicted octanol–water partition coefficient (Wildman–Crippen LogP) is 0.744. The number of likely N-dealkylation sites (N-methyl/N-ethyl adjacent to an activating group) is 1. The highest BCUT2D eigenvalue weighted by Crippen LogP contribution is 2.29. The quantitative estimate of drug-likeness (QED) is 0.473. The van der Waals surface area contributed by atoms with Gasteiger partial charge in [0, 0.05) is 12.6 Å². The summed E-state index contributed by atoms with van der Waals surface area (Å²) in [6.45, 7) is 1.90. The zero-order valence-corrected chi connectivity index (χ0v) is 12.2. The summed E-state index contributed by atoms with van der Waals surface area (Å²) in [6, 6.07) is 9.96. The van der Waals surface area contributed by atoms with Gasteiger partial charge in [0.05, 0.1) is 0 Å². The van der Waals surface area contributed by atoms with Gasteiger partial charge in [-0.15, -0.1) is 0 Å². The van der Waals surface area contributed by atoms with Gasteiger partial charge >= 0.3 is 0 Å². The molecule has 2 atom stereocenters. The Morgan fingerprint density at radius 3 is 2.75 bits per heavy atom. The summed E-state index contributed by atoms with van der Waals surface area (Å²) in [5.74, 6) is 5.25. The zero-order chi connectivity index (χ0) is 14.5. The van der Waals surface area contributed by atoms with Gasteiger partial charge in [-0.25, -0.2) is 5.84 Å². The molecular formula is C15H24N4O. The lowest BCUT2D eigenvalue weighted by atomic mass is 10.0. The molecule has 110 valence electrons. The first-order valence-corrected chi connectivity index (χ1v) is 7.09. The normalized spacial score (nSPS) is 21.1. The van der Waals surface area contributed by atoms with E-state index < -0.39 is 0 Å². The number of nitrogens with two attached hydrogens (primary N) is 1. The van der Waals surface area contributed by atoms with Gasteiger partial charge < -0.3 is 4.90 Å². The molecule has 0 bridgehead atoms. The molecule has 1 aromatic rings. The van der Waals surface area contributed by atoms with E-state index in [0.717, 1.165) is 31.5 Å². The lowest BCUT2D eigenvalue weighted by Gasteiger charge is -2.33. The lowest BCUT2D eigenvalue weighted by Crippen LogP contribution is -2.47. The summed E-state index contributed by atoms with van der Waals surface area (Å²) in [6.07, 6.45) is 2.25. The molecule has 2 unspecified atom stereocenters. The average Bonchev–Trinajstić information content (AvgIpc) is 2.87. The number of benzene rings is 1. The van der Waals surface area contributed by atoms with Crippen molar-refractivity contribution in [3.8, 4) is 0 Å². The molecule has 2 rings (SSSR count). The van der Waals surface area contributed by atoms with Crippen molar-refractivity contribution in [1.82, 2.24) is 15.2 Å². The molecule has 1 fully saturated rings. The number of hydrogen-bond acceptors (Lipinski definition) is 4. The maximum absolute atomic E-state index is 12.2. The third-order valence-corrected chi connectivity index (χ3v) is 3.84. The van der Waals surface area contributed by atoms with Crippen LogP contribution >= 0.6 is 0 Å². The molecule has 5 heteroatoms. The minimum Gasteiger partial charge on any atom is -0.308 e. The number of hydrazine groups is 1. The maximum atomic E-state index is 12.2. The third-order valence-electron chi connectivity index (χ3n) is 3.84. The van der Waals surface area contributed by atoms with Crippen molar-refractivity contribution in [2.75, 3.05) is 27.2 Å². The number of nitrogens with one attached hydrogen (secondary N) is 1. The number of nitrogens with zero attached hydrogens (tertiary/aromatic N) is 2. The molecule has 3 N–H and O–H groups in total. The Labute approximate surface area is 120 Å². The van der Waals surface area contributed by atoms with Gasteiger partial charge in [0.15, 0.2) is 0 Å². The summed E-state index contributed by atoms with van der Waals surface area (Å²) in [4.78, 5) is 16.7. The highest BCUT2D eigenvalue weighted by atomic mass is 16.2. The second-order valence-electron chi connectivity index (χ2n) is 5.62. The van der Waals surface area contributed by atoms with Gasteiger partial charge in [-0.05, 0) is 39.0 Å².